The Balaban J connectivity index is 2.59. The summed E-state index contributed by atoms with van der Waals surface area (Å²) in [7, 11) is 0. The molecule has 1 aliphatic carbocycles. The van der Waals surface area contributed by atoms with Crippen LogP contribution < -0.4 is 0 Å². The van der Waals surface area contributed by atoms with E-state index in [1.807, 2.05) is 0 Å². The maximum Gasteiger partial charge on any atom is 0.312 e. The molecule has 2 nitrogen and oxygen atoms in total. The van der Waals surface area contributed by atoms with E-state index in [0.717, 1.165) is 0 Å². The number of esters is 1. The van der Waals surface area contributed by atoms with Crippen molar-refractivity contribution in [1.82, 2.24) is 0 Å². The molecule has 0 heterocycles. The van der Waals surface area contributed by atoms with Gasteiger partial charge in [0, 0.05) is 5.92 Å². The predicted molar refractivity (Wildman–Crippen MR) is 43.5 cm³/mol. The highest BCUT2D eigenvalue weighted by atomic mass is 19.3. The van der Waals surface area contributed by atoms with Crippen molar-refractivity contribution in [2.75, 3.05) is 6.61 Å². The first-order chi connectivity index (χ1) is 6.08. The molecule has 0 unspecified atom stereocenters. The summed E-state index contributed by atoms with van der Waals surface area (Å²) in [5.41, 5.74) is -0.871. The molecule has 1 rings (SSSR count). The van der Waals surface area contributed by atoms with E-state index in [1.165, 1.54) is 0 Å². The summed E-state index contributed by atoms with van der Waals surface area (Å²) in [5.74, 6) is -1.24. The molecule has 0 aromatic rings. The summed E-state index contributed by atoms with van der Waals surface area (Å²) >= 11 is 0. The van der Waals surface area contributed by atoms with E-state index < -0.39 is 23.7 Å². The van der Waals surface area contributed by atoms with Gasteiger partial charge in [-0.2, -0.15) is 0 Å². The smallest absolute Gasteiger partial charge is 0.312 e. The third-order valence-electron chi connectivity index (χ3n) is 2.75. The number of hydrogen-bond acceptors (Lipinski definition) is 2. The van der Waals surface area contributed by atoms with Crippen LogP contribution in [0.25, 0.3) is 0 Å². The van der Waals surface area contributed by atoms with Gasteiger partial charge in [-0.1, -0.05) is 6.92 Å². The number of rotatable bonds is 4. The first-order valence-electron chi connectivity index (χ1n) is 4.53. The Labute approximate surface area is 76.3 Å². The minimum atomic E-state index is -2.40. The summed E-state index contributed by atoms with van der Waals surface area (Å²) in [6.45, 7) is 3.69. The molecular formula is C9H14F2O2. The molecule has 0 aromatic heterocycles. The summed E-state index contributed by atoms with van der Waals surface area (Å²) in [6.07, 6.45) is -1.68. The van der Waals surface area contributed by atoms with Crippen molar-refractivity contribution in [3.63, 3.8) is 0 Å². The van der Waals surface area contributed by atoms with Crippen LogP contribution in [-0.4, -0.2) is 19.0 Å². The average Bonchev–Trinajstić information content (AvgIpc) is 2.80. The third-order valence-corrected chi connectivity index (χ3v) is 2.75. The molecule has 4 heteroatoms. The van der Waals surface area contributed by atoms with Crippen molar-refractivity contribution < 1.29 is 18.3 Å². The molecule has 0 bridgehead atoms. The second-order valence-corrected chi connectivity index (χ2v) is 3.38. The normalized spacial score (nSPS) is 31.9. The van der Waals surface area contributed by atoms with E-state index >= 15 is 0 Å². The highest BCUT2D eigenvalue weighted by Crippen LogP contribution is 2.58. The monoisotopic (exact) mass is 192 g/mol. The Bertz CT molecular complexity index is 206. The number of ether oxygens (including phenoxy) is 1. The zero-order valence-corrected chi connectivity index (χ0v) is 7.85. The molecule has 0 radical (unpaired) electrons. The fraction of sp³-hybridized carbons (Fsp3) is 0.889. The van der Waals surface area contributed by atoms with Crippen molar-refractivity contribution in [3.05, 3.63) is 0 Å². The van der Waals surface area contributed by atoms with Crippen LogP contribution in [0.3, 0.4) is 0 Å². The molecule has 1 aliphatic rings. The van der Waals surface area contributed by atoms with Crippen molar-refractivity contribution in [1.29, 1.82) is 0 Å². The first-order valence-corrected chi connectivity index (χ1v) is 4.53. The third kappa shape index (κ3) is 1.67. The van der Waals surface area contributed by atoms with Crippen molar-refractivity contribution in [2.45, 2.75) is 33.1 Å². The molecule has 0 amide bonds. The van der Waals surface area contributed by atoms with Crippen molar-refractivity contribution >= 4 is 5.97 Å². The molecule has 0 aliphatic heterocycles. The Morgan fingerprint density at radius 1 is 1.62 bits per heavy atom. The maximum atomic E-state index is 12.3. The van der Waals surface area contributed by atoms with Crippen LogP contribution in [-0.2, 0) is 9.53 Å². The lowest BCUT2D eigenvalue weighted by molar-refractivity contribution is -0.151. The molecule has 0 saturated heterocycles. The van der Waals surface area contributed by atoms with Gasteiger partial charge in [-0.15, -0.1) is 0 Å². The molecule has 1 saturated carbocycles. The van der Waals surface area contributed by atoms with Gasteiger partial charge in [0.1, 0.15) is 0 Å². The van der Waals surface area contributed by atoms with E-state index in [9.17, 15) is 13.6 Å². The van der Waals surface area contributed by atoms with Crippen LogP contribution in [0.2, 0.25) is 0 Å². The standard InChI is InChI=1S/C9H14F2O2/c1-3-9(8(12)13-4-2)5-6(9)7(10)11/h6-7H,3-5H2,1-2H3/t6-,9-/m0/s1. The Kier molecular flexibility index (Phi) is 2.88. The first kappa shape index (κ1) is 10.4. The number of carbonyl (C=O) groups excluding carboxylic acids is 1. The topological polar surface area (TPSA) is 26.3 Å². The quantitative estimate of drug-likeness (QED) is 0.638. The summed E-state index contributed by atoms with van der Waals surface area (Å²) in [4.78, 5) is 11.3. The number of carbonyl (C=O) groups is 1. The van der Waals surface area contributed by atoms with Crippen LogP contribution in [0.4, 0.5) is 8.78 Å². The van der Waals surface area contributed by atoms with E-state index in [-0.39, 0.29) is 13.0 Å². The fourth-order valence-corrected chi connectivity index (χ4v) is 1.72. The lowest BCUT2D eigenvalue weighted by Gasteiger charge is -2.12. The highest BCUT2D eigenvalue weighted by molar-refractivity contribution is 5.80. The van der Waals surface area contributed by atoms with E-state index in [4.69, 9.17) is 4.74 Å². The molecule has 1 fully saturated rings. The van der Waals surface area contributed by atoms with Crippen LogP contribution in [0.5, 0.6) is 0 Å². The van der Waals surface area contributed by atoms with Gasteiger partial charge in [0.05, 0.1) is 12.0 Å². The van der Waals surface area contributed by atoms with E-state index in [0.29, 0.717) is 6.42 Å². The SMILES string of the molecule is CCOC(=O)[C@@]1(CC)C[C@H]1C(F)F. The summed E-state index contributed by atoms with van der Waals surface area (Å²) in [6, 6.07) is 0. The Morgan fingerprint density at radius 3 is 2.54 bits per heavy atom. The largest absolute Gasteiger partial charge is 0.466 e. The van der Waals surface area contributed by atoms with Gasteiger partial charge in [0.25, 0.3) is 0 Å². The molecule has 0 spiro atoms. The van der Waals surface area contributed by atoms with E-state index in [1.54, 1.807) is 13.8 Å². The van der Waals surface area contributed by atoms with Crippen LogP contribution in [0.1, 0.15) is 26.7 Å². The van der Waals surface area contributed by atoms with Crippen molar-refractivity contribution in [2.24, 2.45) is 11.3 Å². The minimum Gasteiger partial charge on any atom is -0.466 e. The second kappa shape index (κ2) is 3.60. The van der Waals surface area contributed by atoms with Crippen LogP contribution in [0, 0.1) is 11.3 Å². The summed E-state index contributed by atoms with van der Waals surface area (Å²) in [5, 5.41) is 0. The lowest BCUT2D eigenvalue weighted by Crippen LogP contribution is -2.22. The average molecular weight is 192 g/mol. The number of halogens is 2. The molecule has 13 heavy (non-hydrogen) atoms. The molecule has 0 N–H and O–H groups in total. The van der Waals surface area contributed by atoms with Gasteiger partial charge in [0.15, 0.2) is 0 Å². The molecule has 0 aromatic carbocycles. The molecule has 2 atom stereocenters. The zero-order chi connectivity index (χ0) is 10.1. The Morgan fingerprint density at radius 2 is 2.23 bits per heavy atom. The maximum absolute atomic E-state index is 12.3. The van der Waals surface area contributed by atoms with Gasteiger partial charge in [0.2, 0.25) is 6.43 Å². The zero-order valence-electron chi connectivity index (χ0n) is 7.85. The van der Waals surface area contributed by atoms with Gasteiger partial charge < -0.3 is 4.74 Å². The number of hydrogen-bond donors (Lipinski definition) is 0. The van der Waals surface area contributed by atoms with E-state index in [2.05, 4.69) is 0 Å². The molecule has 76 valence electrons. The minimum absolute atomic E-state index is 0.260. The van der Waals surface area contributed by atoms with Crippen LogP contribution in [0.15, 0.2) is 0 Å². The fourth-order valence-electron chi connectivity index (χ4n) is 1.72. The predicted octanol–water partition coefficient (Wildman–Crippen LogP) is 2.23. The van der Waals surface area contributed by atoms with Gasteiger partial charge in [-0.25, -0.2) is 8.78 Å². The lowest BCUT2D eigenvalue weighted by atomic mass is 10.0. The molecular weight excluding hydrogens is 178 g/mol. The highest BCUT2D eigenvalue weighted by Gasteiger charge is 2.63. The summed E-state index contributed by atoms with van der Waals surface area (Å²) < 4.78 is 29.4. The Hall–Kier alpha value is -0.670. The van der Waals surface area contributed by atoms with Crippen LogP contribution >= 0.6 is 0 Å². The van der Waals surface area contributed by atoms with Gasteiger partial charge in [-0.05, 0) is 19.8 Å². The second-order valence-electron chi connectivity index (χ2n) is 3.38. The van der Waals surface area contributed by atoms with Gasteiger partial charge in [-0.3, -0.25) is 4.79 Å². The number of alkyl halides is 2. The van der Waals surface area contributed by atoms with Crippen molar-refractivity contribution in [3.8, 4) is 0 Å². The van der Waals surface area contributed by atoms with Gasteiger partial charge >= 0.3 is 5.97 Å².